The van der Waals surface area contributed by atoms with Crippen LogP contribution < -0.4 is 0 Å². The predicted octanol–water partition coefficient (Wildman–Crippen LogP) is 4.72. The van der Waals surface area contributed by atoms with Crippen LogP contribution in [-0.2, 0) is 0 Å². The second-order valence-electron chi connectivity index (χ2n) is 2.40. The van der Waals surface area contributed by atoms with Crippen molar-refractivity contribution >= 4 is 58.0 Å². The van der Waals surface area contributed by atoms with Gasteiger partial charge in [0.25, 0.3) is 0 Å². The summed E-state index contributed by atoms with van der Waals surface area (Å²) in [6.45, 7) is 1.97. The standard InChI is InChI=1S/C6H9Cl5/c1-2-3-5(7,8)4-6(9,10)11/h2-4H2,1H3. The summed E-state index contributed by atoms with van der Waals surface area (Å²) in [6.07, 6.45) is 1.65. The van der Waals surface area contributed by atoms with Gasteiger partial charge in [-0.2, -0.15) is 0 Å². The topological polar surface area (TPSA) is 0 Å². The molecule has 0 aliphatic carbocycles. The van der Waals surface area contributed by atoms with E-state index in [-0.39, 0.29) is 6.42 Å². The van der Waals surface area contributed by atoms with Gasteiger partial charge in [0, 0.05) is 6.42 Å². The van der Waals surface area contributed by atoms with Crippen LogP contribution in [0.3, 0.4) is 0 Å². The second kappa shape index (κ2) is 4.62. The zero-order valence-corrected chi connectivity index (χ0v) is 9.79. The van der Waals surface area contributed by atoms with Gasteiger partial charge in [0.15, 0.2) is 3.79 Å². The van der Waals surface area contributed by atoms with E-state index in [1.165, 1.54) is 0 Å². The number of hydrogen-bond acceptors (Lipinski definition) is 0. The van der Waals surface area contributed by atoms with E-state index < -0.39 is 8.13 Å². The molecule has 5 heteroatoms. The molecular formula is C6H9Cl5. The van der Waals surface area contributed by atoms with Gasteiger partial charge in [-0.3, -0.25) is 0 Å². The van der Waals surface area contributed by atoms with E-state index in [4.69, 9.17) is 58.0 Å². The third kappa shape index (κ3) is 7.80. The lowest BCUT2D eigenvalue weighted by atomic mass is 10.2. The summed E-state index contributed by atoms with van der Waals surface area (Å²) in [7, 11) is 0. The summed E-state index contributed by atoms with van der Waals surface area (Å²) >= 11 is 28.2. The summed E-state index contributed by atoms with van der Waals surface area (Å²) in [6, 6.07) is 0. The summed E-state index contributed by atoms with van der Waals surface area (Å²) in [4.78, 5) is 0. The average Bonchev–Trinajstić information content (AvgIpc) is 1.55. The third-order valence-corrected chi connectivity index (χ3v) is 2.12. The molecule has 0 saturated carbocycles. The van der Waals surface area contributed by atoms with Gasteiger partial charge in [-0.05, 0) is 6.42 Å². The molecule has 0 rings (SSSR count). The van der Waals surface area contributed by atoms with Crippen molar-refractivity contribution in [3.63, 3.8) is 0 Å². The molecule has 0 aromatic carbocycles. The first kappa shape index (κ1) is 12.4. The first-order valence-electron chi connectivity index (χ1n) is 3.21. The van der Waals surface area contributed by atoms with Crippen molar-refractivity contribution in [1.29, 1.82) is 0 Å². The first-order chi connectivity index (χ1) is 4.77. The highest BCUT2D eigenvalue weighted by Crippen LogP contribution is 2.42. The van der Waals surface area contributed by atoms with Crippen LogP contribution in [0.1, 0.15) is 26.2 Å². The van der Waals surface area contributed by atoms with E-state index in [2.05, 4.69) is 0 Å². The van der Waals surface area contributed by atoms with Crippen molar-refractivity contribution < 1.29 is 0 Å². The van der Waals surface area contributed by atoms with Gasteiger partial charge >= 0.3 is 0 Å². The molecule has 68 valence electrons. The Hall–Kier alpha value is 1.45. The lowest BCUT2D eigenvalue weighted by molar-refractivity contribution is 0.634. The number of alkyl halides is 5. The molecule has 0 bridgehead atoms. The highest BCUT2D eigenvalue weighted by molar-refractivity contribution is 6.68. The van der Waals surface area contributed by atoms with Gasteiger partial charge in [-0.15, -0.1) is 23.2 Å². The zero-order chi connectivity index (χ0) is 9.12. The molecule has 0 aromatic heterocycles. The molecular weight excluding hydrogens is 249 g/mol. The van der Waals surface area contributed by atoms with Crippen molar-refractivity contribution in [2.24, 2.45) is 0 Å². The largest absolute Gasteiger partial charge is 0.193 e. The van der Waals surface area contributed by atoms with Gasteiger partial charge in [-0.25, -0.2) is 0 Å². The van der Waals surface area contributed by atoms with E-state index in [9.17, 15) is 0 Å². The minimum absolute atomic E-state index is 0.154. The van der Waals surface area contributed by atoms with E-state index in [1.54, 1.807) is 0 Å². The van der Waals surface area contributed by atoms with E-state index in [0.717, 1.165) is 6.42 Å². The molecule has 0 heterocycles. The molecule has 0 nitrogen and oxygen atoms in total. The maximum Gasteiger partial charge on any atom is 0.193 e. The van der Waals surface area contributed by atoms with Crippen LogP contribution in [0.4, 0.5) is 0 Å². The van der Waals surface area contributed by atoms with Gasteiger partial charge < -0.3 is 0 Å². The summed E-state index contributed by atoms with van der Waals surface area (Å²) in [5.74, 6) is 0. The van der Waals surface area contributed by atoms with Gasteiger partial charge in [0.2, 0.25) is 0 Å². The Kier molecular flexibility index (Phi) is 5.23. The Bertz CT molecular complexity index is 115. The summed E-state index contributed by atoms with van der Waals surface area (Å²) in [5, 5.41) is 0. The maximum atomic E-state index is 5.83. The van der Waals surface area contributed by atoms with Crippen LogP contribution in [0.2, 0.25) is 0 Å². The molecule has 0 saturated heterocycles. The monoisotopic (exact) mass is 256 g/mol. The van der Waals surface area contributed by atoms with Crippen LogP contribution in [0.15, 0.2) is 0 Å². The Morgan fingerprint density at radius 1 is 1.00 bits per heavy atom. The van der Waals surface area contributed by atoms with Crippen molar-refractivity contribution in [2.75, 3.05) is 0 Å². The minimum atomic E-state index is -1.36. The molecule has 11 heavy (non-hydrogen) atoms. The fourth-order valence-electron chi connectivity index (χ4n) is 0.747. The average molecular weight is 258 g/mol. The second-order valence-corrected chi connectivity index (χ2v) is 6.55. The summed E-state index contributed by atoms with van der Waals surface area (Å²) in [5.41, 5.74) is 0. The van der Waals surface area contributed by atoms with E-state index in [1.807, 2.05) is 6.92 Å². The Morgan fingerprint density at radius 3 is 1.73 bits per heavy atom. The highest BCUT2D eigenvalue weighted by Gasteiger charge is 2.34. The van der Waals surface area contributed by atoms with Gasteiger partial charge in [0.1, 0.15) is 4.33 Å². The SMILES string of the molecule is CCCC(Cl)(Cl)CC(Cl)(Cl)Cl. The van der Waals surface area contributed by atoms with Crippen LogP contribution in [0.5, 0.6) is 0 Å². The fraction of sp³-hybridized carbons (Fsp3) is 1.00. The van der Waals surface area contributed by atoms with Gasteiger partial charge in [0.05, 0.1) is 0 Å². The lowest BCUT2D eigenvalue weighted by Gasteiger charge is -2.22. The van der Waals surface area contributed by atoms with E-state index >= 15 is 0 Å². The molecule has 0 amide bonds. The highest BCUT2D eigenvalue weighted by atomic mass is 35.6. The van der Waals surface area contributed by atoms with Crippen molar-refractivity contribution in [3.05, 3.63) is 0 Å². The zero-order valence-electron chi connectivity index (χ0n) is 6.01. The fourth-order valence-corrected chi connectivity index (χ4v) is 2.62. The van der Waals surface area contributed by atoms with Crippen LogP contribution >= 0.6 is 58.0 Å². The van der Waals surface area contributed by atoms with Crippen LogP contribution in [0, 0.1) is 0 Å². The minimum Gasteiger partial charge on any atom is -0.101 e. The molecule has 0 aromatic rings. The van der Waals surface area contributed by atoms with Crippen molar-refractivity contribution in [1.82, 2.24) is 0 Å². The van der Waals surface area contributed by atoms with Gasteiger partial charge in [-0.1, -0.05) is 48.1 Å². The number of rotatable bonds is 3. The Labute approximate surface area is 92.1 Å². The third-order valence-electron chi connectivity index (χ3n) is 1.07. The van der Waals surface area contributed by atoms with E-state index in [0.29, 0.717) is 6.42 Å². The number of halogens is 5. The lowest BCUT2D eigenvalue weighted by Crippen LogP contribution is -2.20. The molecule has 0 radical (unpaired) electrons. The van der Waals surface area contributed by atoms with Crippen LogP contribution in [-0.4, -0.2) is 8.13 Å². The number of hydrogen-bond donors (Lipinski definition) is 0. The molecule has 0 unspecified atom stereocenters. The smallest absolute Gasteiger partial charge is 0.101 e. The molecule has 0 spiro atoms. The Balaban J connectivity index is 3.91. The van der Waals surface area contributed by atoms with Crippen molar-refractivity contribution in [2.45, 2.75) is 34.3 Å². The molecule has 0 atom stereocenters. The van der Waals surface area contributed by atoms with Crippen molar-refractivity contribution in [3.8, 4) is 0 Å². The first-order valence-corrected chi connectivity index (χ1v) is 5.10. The maximum absolute atomic E-state index is 5.83. The quantitative estimate of drug-likeness (QED) is 0.642. The molecule has 0 N–H and O–H groups in total. The predicted molar refractivity (Wildman–Crippen MR) is 54.3 cm³/mol. The summed E-state index contributed by atoms with van der Waals surface area (Å²) < 4.78 is -2.28. The van der Waals surface area contributed by atoms with Crippen LogP contribution in [0.25, 0.3) is 0 Å². The Morgan fingerprint density at radius 2 is 1.45 bits per heavy atom. The molecule has 0 aliphatic rings. The molecule has 0 aliphatic heterocycles. The molecule has 0 fully saturated rings. The normalized spacial score (nSPS) is 13.6.